The lowest BCUT2D eigenvalue weighted by Crippen LogP contribution is -2.51. The van der Waals surface area contributed by atoms with Crippen molar-refractivity contribution in [3.05, 3.63) is 24.3 Å². The van der Waals surface area contributed by atoms with Crippen LogP contribution in [0.1, 0.15) is 38.5 Å². The van der Waals surface area contributed by atoms with E-state index >= 15 is 0 Å². The number of fused-ring (bicyclic) bond motifs is 1. The molecule has 2 heterocycles. The van der Waals surface area contributed by atoms with E-state index < -0.39 is 0 Å². The molecule has 1 fully saturated rings. The summed E-state index contributed by atoms with van der Waals surface area (Å²) in [5.41, 5.74) is 6.58. The summed E-state index contributed by atoms with van der Waals surface area (Å²) in [5.74, 6) is -0.260. The monoisotopic (exact) mass is 403 g/mol. The highest BCUT2D eigenvalue weighted by Crippen LogP contribution is 2.44. The van der Waals surface area contributed by atoms with Crippen molar-refractivity contribution < 1.29 is 19.6 Å². The van der Waals surface area contributed by atoms with E-state index in [0.29, 0.717) is 52.0 Å². The number of rotatable bonds is 10. The first-order valence-corrected chi connectivity index (χ1v) is 10.2. The van der Waals surface area contributed by atoms with Gasteiger partial charge in [0.05, 0.1) is 17.9 Å². The van der Waals surface area contributed by atoms with E-state index in [1.165, 1.54) is 0 Å². The van der Waals surface area contributed by atoms with Crippen LogP contribution in [-0.4, -0.2) is 65.5 Å². The standard InChI is InChI=1S/C20H29N5O4/c26-18(22-29)9-3-1-2-4-10-20(28)24-13-11-23(12-14-24)15-19(27)21-25-16-7-5-6-8-17(16)25/h5-8,29H,1-4,9-15H2,(H,21,27)(H,22,26). The summed E-state index contributed by atoms with van der Waals surface area (Å²) < 4.78 is 0. The van der Waals surface area contributed by atoms with E-state index in [2.05, 4.69) is 10.3 Å². The zero-order valence-electron chi connectivity index (χ0n) is 16.6. The summed E-state index contributed by atoms with van der Waals surface area (Å²) in [6, 6.07) is 7.81. The summed E-state index contributed by atoms with van der Waals surface area (Å²) in [6.07, 6.45) is 4.10. The second kappa shape index (κ2) is 10.2. The van der Waals surface area contributed by atoms with Crippen LogP contribution in [0, 0.1) is 0 Å². The highest BCUT2D eigenvalue weighted by atomic mass is 16.5. The van der Waals surface area contributed by atoms with Gasteiger partial charge in [-0.1, -0.05) is 25.0 Å². The molecule has 1 aromatic rings. The van der Waals surface area contributed by atoms with E-state index in [-0.39, 0.29) is 17.7 Å². The minimum atomic E-state index is -0.369. The molecule has 0 aliphatic carbocycles. The molecule has 0 bridgehead atoms. The molecule has 0 radical (unpaired) electrons. The Balaban J connectivity index is 1.25. The van der Waals surface area contributed by atoms with Gasteiger partial charge in [-0.05, 0) is 25.0 Å². The topological polar surface area (TPSA) is 105 Å². The van der Waals surface area contributed by atoms with Crippen LogP contribution in [0.25, 0.3) is 0 Å². The van der Waals surface area contributed by atoms with Gasteiger partial charge in [0.25, 0.3) is 5.91 Å². The maximum atomic E-state index is 12.3. The van der Waals surface area contributed by atoms with Crippen LogP contribution in [0.15, 0.2) is 24.3 Å². The zero-order chi connectivity index (χ0) is 20.6. The Hall–Kier alpha value is -2.65. The first kappa shape index (κ1) is 21.1. The Bertz CT molecular complexity index is 710. The van der Waals surface area contributed by atoms with Crippen LogP contribution in [0.5, 0.6) is 0 Å². The molecule has 0 spiro atoms. The molecule has 2 aliphatic heterocycles. The molecule has 0 atom stereocenters. The highest BCUT2D eigenvalue weighted by Gasteiger charge is 2.30. The number of amides is 3. The number of para-hydroxylation sites is 2. The molecule has 3 N–H and O–H groups in total. The maximum absolute atomic E-state index is 12.3. The number of hydrogen-bond acceptors (Lipinski definition) is 6. The Morgan fingerprint density at radius 2 is 1.48 bits per heavy atom. The van der Waals surface area contributed by atoms with Gasteiger partial charge in [-0.2, -0.15) is 0 Å². The van der Waals surface area contributed by atoms with Crippen LogP contribution < -0.4 is 15.9 Å². The summed E-state index contributed by atoms with van der Waals surface area (Å²) in [4.78, 5) is 39.4. The lowest BCUT2D eigenvalue weighted by atomic mass is 10.1. The predicted octanol–water partition coefficient (Wildman–Crippen LogP) is 1.16. The smallest absolute Gasteiger partial charge is 0.252 e. The molecule has 9 nitrogen and oxygen atoms in total. The molecule has 3 rings (SSSR count). The van der Waals surface area contributed by atoms with Gasteiger partial charge in [-0.25, -0.2) is 10.5 Å². The van der Waals surface area contributed by atoms with Gasteiger partial charge in [0.1, 0.15) is 0 Å². The third-order valence-electron chi connectivity index (χ3n) is 5.31. The Kier molecular flexibility index (Phi) is 7.42. The molecule has 1 aromatic carbocycles. The molecule has 3 amide bonds. The van der Waals surface area contributed by atoms with E-state index in [1.54, 1.807) is 10.5 Å². The second-order valence-electron chi connectivity index (χ2n) is 7.47. The van der Waals surface area contributed by atoms with Crippen molar-refractivity contribution in [3.8, 4) is 0 Å². The summed E-state index contributed by atoms with van der Waals surface area (Å²) in [5, 5.41) is 10.2. The first-order valence-electron chi connectivity index (χ1n) is 10.2. The van der Waals surface area contributed by atoms with Crippen molar-refractivity contribution in [2.75, 3.05) is 37.7 Å². The van der Waals surface area contributed by atoms with Crippen LogP contribution >= 0.6 is 0 Å². The van der Waals surface area contributed by atoms with Crippen LogP contribution in [-0.2, 0) is 14.4 Å². The Morgan fingerprint density at radius 1 is 0.862 bits per heavy atom. The highest BCUT2D eigenvalue weighted by molar-refractivity contribution is 5.96. The van der Waals surface area contributed by atoms with Gasteiger partial charge < -0.3 is 4.90 Å². The number of nitrogens with one attached hydrogen (secondary N) is 2. The summed E-state index contributed by atoms with van der Waals surface area (Å²) in [6.45, 7) is 3.01. The predicted molar refractivity (Wildman–Crippen MR) is 107 cm³/mol. The molecule has 158 valence electrons. The molecule has 2 aliphatic rings. The largest absolute Gasteiger partial charge is 0.340 e. The van der Waals surface area contributed by atoms with Crippen molar-refractivity contribution in [1.29, 1.82) is 0 Å². The number of benzene rings is 1. The van der Waals surface area contributed by atoms with Crippen molar-refractivity contribution in [2.45, 2.75) is 38.5 Å². The number of nitrogens with zero attached hydrogens (tertiary/aromatic N) is 3. The Labute approximate surface area is 170 Å². The first-order chi connectivity index (χ1) is 14.1. The van der Waals surface area contributed by atoms with E-state index in [4.69, 9.17) is 5.21 Å². The third kappa shape index (κ3) is 6.16. The van der Waals surface area contributed by atoms with Gasteiger partial charge in [0, 0.05) is 39.0 Å². The number of unbranched alkanes of at least 4 members (excludes halogenated alkanes) is 3. The minimum absolute atomic E-state index is 0.0455. The van der Waals surface area contributed by atoms with E-state index in [9.17, 15) is 14.4 Å². The molecule has 1 saturated heterocycles. The number of hydrogen-bond donors (Lipinski definition) is 3. The number of piperazine rings is 1. The molecular formula is C20H29N5O4. The Morgan fingerprint density at radius 3 is 2.10 bits per heavy atom. The third-order valence-corrected chi connectivity index (χ3v) is 5.31. The van der Waals surface area contributed by atoms with Crippen molar-refractivity contribution in [3.63, 3.8) is 0 Å². The average Bonchev–Trinajstić information content (AvgIpc) is 3.43. The zero-order valence-corrected chi connectivity index (χ0v) is 16.6. The van der Waals surface area contributed by atoms with Gasteiger partial charge >= 0.3 is 0 Å². The van der Waals surface area contributed by atoms with Gasteiger partial charge in [0.2, 0.25) is 11.8 Å². The average molecular weight is 403 g/mol. The van der Waals surface area contributed by atoms with Crippen molar-refractivity contribution in [2.24, 2.45) is 0 Å². The van der Waals surface area contributed by atoms with Crippen LogP contribution in [0.3, 0.4) is 0 Å². The fourth-order valence-corrected chi connectivity index (χ4v) is 3.57. The summed E-state index contributed by atoms with van der Waals surface area (Å²) >= 11 is 0. The van der Waals surface area contributed by atoms with Gasteiger partial charge in [-0.15, -0.1) is 0 Å². The quantitative estimate of drug-likeness (QED) is 0.234. The molecule has 0 unspecified atom stereocenters. The second-order valence-corrected chi connectivity index (χ2v) is 7.47. The normalized spacial score (nSPS) is 15.6. The van der Waals surface area contributed by atoms with Gasteiger partial charge in [0.15, 0.2) is 0 Å². The number of carbonyl (C=O) groups excluding carboxylic acids is 3. The molecule has 29 heavy (non-hydrogen) atoms. The minimum Gasteiger partial charge on any atom is -0.340 e. The fraction of sp³-hybridized carbons (Fsp3) is 0.550. The molecule has 9 heteroatoms. The number of hydroxylamine groups is 1. The maximum Gasteiger partial charge on any atom is 0.252 e. The van der Waals surface area contributed by atoms with E-state index in [1.807, 2.05) is 29.2 Å². The molecule has 0 aromatic heterocycles. The van der Waals surface area contributed by atoms with Crippen LogP contribution in [0.2, 0.25) is 0 Å². The number of hydrazine groups is 1. The summed E-state index contributed by atoms with van der Waals surface area (Å²) in [7, 11) is 0. The SMILES string of the molecule is O=C(CCCCCCC(=O)N1CCN(CC(=O)NN2c3ccccc32)CC1)NO. The van der Waals surface area contributed by atoms with Crippen molar-refractivity contribution in [1.82, 2.24) is 20.7 Å². The van der Waals surface area contributed by atoms with Gasteiger partial charge in [-0.3, -0.25) is 29.9 Å². The molecular weight excluding hydrogens is 374 g/mol. The van der Waals surface area contributed by atoms with Crippen LogP contribution in [0.4, 0.5) is 11.4 Å². The lowest BCUT2D eigenvalue weighted by Gasteiger charge is -2.34. The lowest BCUT2D eigenvalue weighted by molar-refractivity contribution is -0.133. The van der Waals surface area contributed by atoms with E-state index in [0.717, 1.165) is 30.6 Å². The number of anilines is 2. The number of carbonyl (C=O) groups is 3. The van der Waals surface area contributed by atoms with Crippen molar-refractivity contribution >= 4 is 29.1 Å². The molecule has 0 saturated carbocycles. The fourth-order valence-electron chi connectivity index (χ4n) is 3.57.